The molecule has 0 aliphatic carbocycles. The number of anilines is 1. The average Bonchev–Trinajstić information content (AvgIpc) is 2.47. The molecule has 0 bridgehead atoms. The van der Waals surface area contributed by atoms with E-state index in [1.54, 1.807) is 4.90 Å². The molecule has 0 atom stereocenters. The van der Waals surface area contributed by atoms with Crippen LogP contribution in [0.25, 0.3) is 0 Å². The van der Waals surface area contributed by atoms with Gasteiger partial charge < -0.3 is 9.80 Å². The number of hydrogen-bond acceptors (Lipinski definition) is 4. The first-order valence-electron chi connectivity index (χ1n) is 7.07. The van der Waals surface area contributed by atoms with Crippen LogP contribution in [-0.4, -0.2) is 70.2 Å². The fraction of sp³-hybridized carbons (Fsp3) is 0.500. The molecule has 0 unspecified atom stereocenters. The average molecular weight is 347 g/mol. The van der Waals surface area contributed by atoms with E-state index in [0.29, 0.717) is 26.2 Å². The van der Waals surface area contributed by atoms with E-state index in [1.807, 2.05) is 7.05 Å². The first kappa shape index (κ1) is 17.6. The van der Waals surface area contributed by atoms with E-state index in [1.165, 1.54) is 0 Å². The third kappa shape index (κ3) is 4.38. The van der Waals surface area contributed by atoms with Gasteiger partial charge in [-0.25, -0.2) is 17.2 Å². The zero-order valence-electron chi connectivity index (χ0n) is 13.0. The number of carbonyl (C=O) groups is 1. The van der Waals surface area contributed by atoms with Crippen molar-refractivity contribution in [1.29, 1.82) is 0 Å². The summed E-state index contributed by atoms with van der Waals surface area (Å²) in [6.07, 6.45) is 0.922. The monoisotopic (exact) mass is 347 g/mol. The molecular weight excluding hydrogens is 328 g/mol. The van der Waals surface area contributed by atoms with Crippen molar-refractivity contribution in [2.45, 2.75) is 0 Å². The molecule has 0 aromatic heterocycles. The molecule has 0 spiro atoms. The summed E-state index contributed by atoms with van der Waals surface area (Å²) in [5.41, 5.74) is -0.0751. The van der Waals surface area contributed by atoms with Crippen molar-refractivity contribution in [2.24, 2.45) is 0 Å². The molecule has 1 aromatic rings. The normalized spacial score (nSPS) is 16.4. The van der Waals surface area contributed by atoms with Gasteiger partial charge in [0.25, 0.3) is 0 Å². The van der Waals surface area contributed by atoms with Gasteiger partial charge in [0.05, 0.1) is 11.9 Å². The van der Waals surface area contributed by atoms with Gasteiger partial charge in [0, 0.05) is 32.2 Å². The van der Waals surface area contributed by atoms with E-state index in [0.717, 1.165) is 28.8 Å². The number of nitrogens with zero attached hydrogens (tertiary/aromatic N) is 3. The van der Waals surface area contributed by atoms with E-state index in [9.17, 15) is 22.0 Å². The Balaban J connectivity index is 2.19. The molecule has 1 aromatic carbocycles. The fourth-order valence-corrected chi connectivity index (χ4v) is 3.16. The number of amides is 1. The Labute approximate surface area is 134 Å². The first-order valence-corrected chi connectivity index (χ1v) is 8.92. The van der Waals surface area contributed by atoms with Gasteiger partial charge in [-0.05, 0) is 19.2 Å². The van der Waals surface area contributed by atoms with Crippen molar-refractivity contribution in [3.05, 3.63) is 29.8 Å². The zero-order chi connectivity index (χ0) is 17.2. The highest BCUT2D eigenvalue weighted by molar-refractivity contribution is 7.92. The van der Waals surface area contributed by atoms with E-state index < -0.39 is 28.2 Å². The topological polar surface area (TPSA) is 60.9 Å². The van der Waals surface area contributed by atoms with Crippen molar-refractivity contribution in [1.82, 2.24) is 9.80 Å². The molecule has 1 fully saturated rings. The molecule has 128 valence electrons. The van der Waals surface area contributed by atoms with Gasteiger partial charge in [-0.1, -0.05) is 0 Å². The smallest absolute Gasteiger partial charge is 0.243 e. The Morgan fingerprint density at radius 3 is 2.30 bits per heavy atom. The maximum absolute atomic E-state index is 13.4. The molecule has 1 heterocycles. The molecule has 1 aliphatic heterocycles. The number of halogens is 2. The highest BCUT2D eigenvalue weighted by atomic mass is 32.2. The summed E-state index contributed by atoms with van der Waals surface area (Å²) in [6.45, 7) is 1.98. The third-order valence-electron chi connectivity index (χ3n) is 3.73. The van der Waals surface area contributed by atoms with Crippen LogP contribution in [-0.2, 0) is 14.8 Å². The van der Waals surface area contributed by atoms with Crippen LogP contribution in [0.15, 0.2) is 18.2 Å². The second kappa shape index (κ2) is 6.79. The molecule has 23 heavy (non-hydrogen) atoms. The second-order valence-corrected chi connectivity index (χ2v) is 7.46. The molecule has 0 radical (unpaired) electrons. The quantitative estimate of drug-likeness (QED) is 0.796. The number of hydrogen-bond donors (Lipinski definition) is 0. The van der Waals surface area contributed by atoms with Crippen LogP contribution in [0.3, 0.4) is 0 Å². The fourth-order valence-electron chi connectivity index (χ4n) is 2.32. The molecule has 2 rings (SSSR count). The summed E-state index contributed by atoms with van der Waals surface area (Å²) in [7, 11) is -1.87. The number of benzene rings is 1. The van der Waals surface area contributed by atoms with Crippen LogP contribution in [0, 0.1) is 11.6 Å². The first-order chi connectivity index (χ1) is 10.7. The Morgan fingerprint density at radius 2 is 1.78 bits per heavy atom. The Bertz CT molecular complexity index is 689. The molecule has 1 saturated heterocycles. The third-order valence-corrected chi connectivity index (χ3v) is 4.87. The molecule has 0 saturated carbocycles. The van der Waals surface area contributed by atoms with Crippen LogP contribution in [0.2, 0.25) is 0 Å². The largest absolute Gasteiger partial charge is 0.339 e. The van der Waals surface area contributed by atoms with E-state index in [4.69, 9.17) is 0 Å². The SMILES string of the molecule is CN1CCN(C(=O)CN(c2ccc(F)c(F)c2)S(C)(=O)=O)CC1. The summed E-state index contributed by atoms with van der Waals surface area (Å²) >= 11 is 0. The van der Waals surface area contributed by atoms with Gasteiger partial charge in [-0.15, -0.1) is 0 Å². The highest BCUT2D eigenvalue weighted by Crippen LogP contribution is 2.20. The summed E-state index contributed by atoms with van der Waals surface area (Å²) in [6, 6.07) is 2.74. The Hall–Kier alpha value is -1.74. The van der Waals surface area contributed by atoms with Crippen molar-refractivity contribution in [3.8, 4) is 0 Å². The van der Waals surface area contributed by atoms with Gasteiger partial charge in [-0.2, -0.15) is 0 Å². The van der Waals surface area contributed by atoms with Gasteiger partial charge in [0.15, 0.2) is 11.6 Å². The van der Waals surface area contributed by atoms with Gasteiger partial charge >= 0.3 is 0 Å². The summed E-state index contributed by atoms with van der Waals surface area (Å²) in [5.74, 6) is -2.61. The van der Waals surface area contributed by atoms with Crippen molar-refractivity contribution < 1.29 is 22.0 Å². The number of sulfonamides is 1. The van der Waals surface area contributed by atoms with E-state index in [-0.39, 0.29) is 11.6 Å². The van der Waals surface area contributed by atoms with Gasteiger partial charge in [0.1, 0.15) is 6.54 Å². The van der Waals surface area contributed by atoms with Gasteiger partial charge in [0.2, 0.25) is 15.9 Å². The number of carbonyl (C=O) groups excluding carboxylic acids is 1. The molecule has 6 nitrogen and oxygen atoms in total. The standard InChI is InChI=1S/C14H19F2N3O3S/c1-17-5-7-18(8-6-17)14(20)10-19(23(2,21)22)11-3-4-12(15)13(16)9-11/h3-4,9H,5-8,10H2,1-2H3. The second-order valence-electron chi connectivity index (χ2n) is 5.55. The number of likely N-dealkylation sites (N-methyl/N-ethyl adjacent to an activating group) is 1. The minimum absolute atomic E-state index is 0.0751. The Morgan fingerprint density at radius 1 is 1.17 bits per heavy atom. The lowest BCUT2D eigenvalue weighted by Crippen LogP contribution is -2.50. The van der Waals surface area contributed by atoms with E-state index >= 15 is 0 Å². The van der Waals surface area contributed by atoms with Crippen molar-refractivity contribution >= 4 is 21.6 Å². The summed E-state index contributed by atoms with van der Waals surface area (Å²) < 4.78 is 51.0. The summed E-state index contributed by atoms with van der Waals surface area (Å²) in [5, 5.41) is 0. The molecule has 1 aliphatic rings. The number of rotatable bonds is 4. The van der Waals surface area contributed by atoms with Crippen LogP contribution in [0.4, 0.5) is 14.5 Å². The predicted octanol–water partition coefficient (Wildman–Crippen LogP) is 0.505. The van der Waals surface area contributed by atoms with Crippen LogP contribution in [0.5, 0.6) is 0 Å². The van der Waals surface area contributed by atoms with Crippen molar-refractivity contribution in [3.63, 3.8) is 0 Å². The lowest BCUT2D eigenvalue weighted by molar-refractivity contribution is -0.131. The van der Waals surface area contributed by atoms with Gasteiger partial charge in [-0.3, -0.25) is 9.10 Å². The van der Waals surface area contributed by atoms with Crippen molar-refractivity contribution in [2.75, 3.05) is 50.3 Å². The lowest BCUT2D eigenvalue weighted by atomic mass is 10.3. The molecule has 1 amide bonds. The maximum atomic E-state index is 13.4. The molecule has 0 N–H and O–H groups in total. The predicted molar refractivity (Wildman–Crippen MR) is 82.6 cm³/mol. The Kier molecular flexibility index (Phi) is 5.20. The molecular formula is C14H19F2N3O3S. The summed E-state index contributed by atoms with van der Waals surface area (Å²) in [4.78, 5) is 16.0. The van der Waals surface area contributed by atoms with Crippen LogP contribution >= 0.6 is 0 Å². The minimum atomic E-state index is -3.81. The zero-order valence-corrected chi connectivity index (χ0v) is 13.8. The maximum Gasteiger partial charge on any atom is 0.243 e. The van der Waals surface area contributed by atoms with Crippen LogP contribution < -0.4 is 4.31 Å². The lowest BCUT2D eigenvalue weighted by Gasteiger charge is -2.34. The van der Waals surface area contributed by atoms with Crippen LogP contribution in [0.1, 0.15) is 0 Å². The van der Waals surface area contributed by atoms with E-state index in [2.05, 4.69) is 4.90 Å². The number of piperazine rings is 1. The molecule has 9 heteroatoms. The minimum Gasteiger partial charge on any atom is -0.339 e. The highest BCUT2D eigenvalue weighted by Gasteiger charge is 2.26.